The fraction of sp³-hybridized carbons (Fsp3) is 0.632. The zero-order chi connectivity index (χ0) is 20.6. The first-order chi connectivity index (χ1) is 13.4. The van der Waals surface area contributed by atoms with Gasteiger partial charge in [-0.05, 0) is 44.4 Å². The van der Waals surface area contributed by atoms with Gasteiger partial charge in [-0.1, -0.05) is 6.07 Å². The lowest BCUT2D eigenvalue weighted by Gasteiger charge is -2.32. The fourth-order valence-corrected chi connectivity index (χ4v) is 4.27. The van der Waals surface area contributed by atoms with Crippen molar-refractivity contribution < 1.29 is 17.5 Å². The summed E-state index contributed by atoms with van der Waals surface area (Å²) in [6, 6.07) is 5.08. The molecule has 28 heavy (non-hydrogen) atoms. The Morgan fingerprint density at radius 3 is 2.64 bits per heavy atom. The smallest absolute Gasteiger partial charge is 0.213 e. The molecule has 0 bridgehead atoms. The van der Waals surface area contributed by atoms with Gasteiger partial charge in [-0.25, -0.2) is 22.1 Å². The summed E-state index contributed by atoms with van der Waals surface area (Å²) in [5.74, 6) is 0.531. The summed E-state index contributed by atoms with van der Waals surface area (Å²) in [6.45, 7) is 6.05. The first-order valence-electron chi connectivity index (χ1n) is 9.68. The zero-order valence-electron chi connectivity index (χ0n) is 16.9. The van der Waals surface area contributed by atoms with Gasteiger partial charge < -0.3 is 15.4 Å². The van der Waals surface area contributed by atoms with Crippen LogP contribution >= 0.6 is 0 Å². The normalized spacial score (nSPS) is 16.9. The second-order valence-corrected chi connectivity index (χ2v) is 9.03. The van der Waals surface area contributed by atoms with Gasteiger partial charge in [-0.15, -0.1) is 0 Å². The number of hydrogen-bond donors (Lipinski definition) is 2. The highest BCUT2D eigenvalue weighted by atomic mass is 32.2. The molecule has 0 radical (unpaired) electrons. The van der Waals surface area contributed by atoms with Crippen molar-refractivity contribution in [2.75, 3.05) is 32.5 Å². The number of benzene rings is 1. The van der Waals surface area contributed by atoms with Crippen LogP contribution in [-0.4, -0.2) is 57.2 Å². The number of rotatable bonds is 8. The van der Waals surface area contributed by atoms with Crippen molar-refractivity contribution in [3.63, 3.8) is 0 Å². The summed E-state index contributed by atoms with van der Waals surface area (Å²) in [5, 5.41) is 6.60. The molecule has 158 valence electrons. The Bertz CT molecular complexity index is 762. The molecule has 0 aromatic heterocycles. The minimum atomic E-state index is -3.12. The van der Waals surface area contributed by atoms with Crippen molar-refractivity contribution in [2.45, 2.75) is 45.9 Å². The number of guanidine groups is 1. The van der Waals surface area contributed by atoms with E-state index in [0.717, 1.165) is 18.4 Å². The van der Waals surface area contributed by atoms with E-state index in [0.29, 0.717) is 37.7 Å². The summed E-state index contributed by atoms with van der Waals surface area (Å²) < 4.78 is 44.3. The van der Waals surface area contributed by atoms with Crippen molar-refractivity contribution in [1.82, 2.24) is 14.9 Å². The van der Waals surface area contributed by atoms with E-state index >= 15 is 0 Å². The highest BCUT2D eigenvalue weighted by Gasteiger charge is 2.26. The largest absolute Gasteiger partial charge is 0.380 e. The average molecular weight is 415 g/mol. The molecule has 0 amide bonds. The summed E-state index contributed by atoms with van der Waals surface area (Å²) in [7, 11) is -1.59. The van der Waals surface area contributed by atoms with Gasteiger partial charge in [0, 0.05) is 38.3 Å². The maximum atomic E-state index is 13.7. The standard InChI is InChI=1S/C19H31FN4O3S/c1-4-21-19(22-13-15-6-7-18(20)16(12-15)14-27-3)23-17-8-10-24(11-9-17)28(25,26)5-2/h6-7,12,17H,4-5,8-11,13-14H2,1-3H3,(H2,21,22,23). The Kier molecular flexibility index (Phi) is 8.65. The molecule has 2 N–H and O–H groups in total. The van der Waals surface area contributed by atoms with Crippen LogP contribution in [-0.2, 0) is 27.9 Å². The number of methoxy groups -OCH3 is 1. The van der Waals surface area contributed by atoms with Gasteiger partial charge in [0.25, 0.3) is 0 Å². The van der Waals surface area contributed by atoms with Crippen molar-refractivity contribution in [3.8, 4) is 0 Å². The van der Waals surface area contributed by atoms with E-state index in [1.54, 1.807) is 23.4 Å². The summed E-state index contributed by atoms with van der Waals surface area (Å²) in [4.78, 5) is 4.59. The first-order valence-corrected chi connectivity index (χ1v) is 11.3. The number of nitrogens with one attached hydrogen (secondary N) is 2. The van der Waals surface area contributed by atoms with Crippen LogP contribution in [0.1, 0.15) is 37.8 Å². The van der Waals surface area contributed by atoms with Crippen molar-refractivity contribution in [2.24, 2.45) is 4.99 Å². The summed E-state index contributed by atoms with van der Waals surface area (Å²) in [5.41, 5.74) is 1.41. The molecule has 1 aromatic carbocycles. The van der Waals surface area contributed by atoms with E-state index in [1.165, 1.54) is 13.2 Å². The lowest BCUT2D eigenvalue weighted by Crippen LogP contribution is -2.50. The molecule has 0 spiro atoms. The Labute approximate surface area is 167 Å². The molecule has 0 unspecified atom stereocenters. The number of hydrogen-bond acceptors (Lipinski definition) is 4. The quantitative estimate of drug-likeness (QED) is 0.501. The van der Waals surface area contributed by atoms with E-state index in [9.17, 15) is 12.8 Å². The van der Waals surface area contributed by atoms with Gasteiger partial charge in [0.2, 0.25) is 10.0 Å². The van der Waals surface area contributed by atoms with Crippen LogP contribution in [0.5, 0.6) is 0 Å². The maximum Gasteiger partial charge on any atom is 0.213 e. The van der Waals surface area contributed by atoms with Crippen molar-refractivity contribution >= 4 is 16.0 Å². The molecule has 0 atom stereocenters. The molecular formula is C19H31FN4O3S. The van der Waals surface area contributed by atoms with E-state index < -0.39 is 10.0 Å². The van der Waals surface area contributed by atoms with Crippen LogP contribution in [0.4, 0.5) is 4.39 Å². The van der Waals surface area contributed by atoms with Crippen LogP contribution in [0.15, 0.2) is 23.2 Å². The Morgan fingerprint density at radius 1 is 1.32 bits per heavy atom. The second kappa shape index (κ2) is 10.7. The number of aliphatic imine (C=N–C) groups is 1. The van der Waals surface area contributed by atoms with E-state index in [1.807, 2.05) is 6.92 Å². The first kappa shape index (κ1) is 22.6. The van der Waals surface area contributed by atoms with Crippen LogP contribution in [0, 0.1) is 5.82 Å². The molecule has 1 aromatic rings. The molecule has 0 aliphatic carbocycles. The summed E-state index contributed by atoms with van der Waals surface area (Å²) in [6.07, 6.45) is 1.47. The topological polar surface area (TPSA) is 83.0 Å². The minimum absolute atomic E-state index is 0.137. The molecule has 7 nitrogen and oxygen atoms in total. The molecule has 9 heteroatoms. The molecule has 1 aliphatic heterocycles. The van der Waals surface area contributed by atoms with Crippen LogP contribution in [0.2, 0.25) is 0 Å². The molecule has 1 aliphatic rings. The number of sulfonamides is 1. The highest BCUT2D eigenvalue weighted by Crippen LogP contribution is 2.15. The van der Waals surface area contributed by atoms with Gasteiger partial charge in [-0.3, -0.25) is 0 Å². The van der Waals surface area contributed by atoms with Gasteiger partial charge in [-0.2, -0.15) is 0 Å². The monoisotopic (exact) mass is 414 g/mol. The Morgan fingerprint density at radius 2 is 2.04 bits per heavy atom. The number of nitrogens with zero attached hydrogens (tertiary/aromatic N) is 2. The van der Waals surface area contributed by atoms with Gasteiger partial charge in [0.15, 0.2) is 5.96 Å². The lowest BCUT2D eigenvalue weighted by molar-refractivity contribution is 0.181. The number of halogens is 1. The van der Waals surface area contributed by atoms with E-state index in [-0.39, 0.29) is 24.2 Å². The van der Waals surface area contributed by atoms with Crippen molar-refractivity contribution in [3.05, 3.63) is 35.1 Å². The average Bonchev–Trinajstić information content (AvgIpc) is 2.69. The zero-order valence-corrected chi connectivity index (χ0v) is 17.7. The lowest BCUT2D eigenvalue weighted by atomic mass is 10.1. The van der Waals surface area contributed by atoms with Crippen LogP contribution in [0.3, 0.4) is 0 Å². The fourth-order valence-electron chi connectivity index (χ4n) is 3.14. The molecule has 1 heterocycles. The summed E-state index contributed by atoms with van der Waals surface area (Å²) >= 11 is 0. The SMILES string of the molecule is CCNC(=NCc1ccc(F)c(COC)c1)NC1CCN(S(=O)(=O)CC)CC1. The Balaban J connectivity index is 1.97. The molecule has 2 rings (SSSR count). The third-order valence-electron chi connectivity index (χ3n) is 4.73. The van der Waals surface area contributed by atoms with Gasteiger partial charge in [0.1, 0.15) is 5.82 Å². The van der Waals surface area contributed by atoms with Crippen LogP contribution < -0.4 is 10.6 Å². The molecule has 1 fully saturated rings. The molecule has 1 saturated heterocycles. The predicted molar refractivity (Wildman–Crippen MR) is 109 cm³/mol. The maximum absolute atomic E-state index is 13.7. The molecule has 0 saturated carbocycles. The Hall–Kier alpha value is -1.71. The third-order valence-corrected chi connectivity index (χ3v) is 6.61. The second-order valence-electron chi connectivity index (χ2n) is 6.77. The van der Waals surface area contributed by atoms with Crippen molar-refractivity contribution in [1.29, 1.82) is 0 Å². The third kappa shape index (κ3) is 6.42. The number of ether oxygens (including phenoxy) is 1. The van der Waals surface area contributed by atoms with Gasteiger partial charge >= 0.3 is 0 Å². The predicted octanol–water partition coefficient (Wildman–Crippen LogP) is 1.84. The number of piperidine rings is 1. The van der Waals surface area contributed by atoms with Gasteiger partial charge in [0.05, 0.1) is 18.9 Å². The highest BCUT2D eigenvalue weighted by molar-refractivity contribution is 7.89. The minimum Gasteiger partial charge on any atom is -0.380 e. The molecular weight excluding hydrogens is 383 g/mol. The van der Waals surface area contributed by atoms with Crippen LogP contribution in [0.25, 0.3) is 0 Å². The van der Waals surface area contributed by atoms with E-state index in [2.05, 4.69) is 15.6 Å². The van der Waals surface area contributed by atoms with E-state index in [4.69, 9.17) is 4.74 Å².